The zero-order chi connectivity index (χ0) is 15.5. The first kappa shape index (κ1) is 16.0. The molecule has 1 aliphatic heterocycles. The average molecular weight is 365 g/mol. The van der Waals surface area contributed by atoms with Crippen LogP contribution in [-0.2, 0) is 16.5 Å². The highest BCUT2D eigenvalue weighted by atomic mass is 28.5. The second-order valence-electron chi connectivity index (χ2n) is 5.56. The summed E-state index contributed by atoms with van der Waals surface area (Å²) in [6.45, 7) is 4.11. The van der Waals surface area contributed by atoms with Gasteiger partial charge in [0.1, 0.15) is 0 Å². The average Bonchev–Trinajstić information content (AvgIpc) is 2.53. The summed E-state index contributed by atoms with van der Waals surface area (Å²) < 4.78 is 24.8. The summed E-state index contributed by atoms with van der Waals surface area (Å²) >= 11 is 0. The van der Waals surface area contributed by atoms with E-state index in [9.17, 15) is 0 Å². The molecule has 0 saturated carbocycles. The lowest BCUT2D eigenvalue weighted by molar-refractivity contribution is 0.298. The van der Waals surface area contributed by atoms with Crippen molar-refractivity contribution in [2.24, 2.45) is 0 Å². The topological polar surface area (TPSA) is 36.9 Å². The van der Waals surface area contributed by atoms with E-state index in [1.165, 1.54) is 0 Å². The molecule has 0 amide bonds. The standard InChI is InChI=1S/C14H20O4Si4/c1-21(2)15-19-17-22(18-20-16-21,13-9-5-3-6-10-13)14-11-7-4-8-12-14/h3-12H,19-20H2,1-2H3. The molecule has 0 atom stereocenters. The predicted molar refractivity (Wildman–Crippen MR) is 96.8 cm³/mol. The number of benzene rings is 2. The molecule has 0 unspecified atom stereocenters. The molecule has 1 aliphatic rings. The van der Waals surface area contributed by atoms with Crippen LogP contribution in [0.3, 0.4) is 0 Å². The zero-order valence-electron chi connectivity index (χ0n) is 12.8. The molecule has 1 heterocycles. The van der Waals surface area contributed by atoms with E-state index < -0.39 is 37.1 Å². The van der Waals surface area contributed by atoms with E-state index in [0.29, 0.717) is 0 Å². The van der Waals surface area contributed by atoms with Gasteiger partial charge in [0, 0.05) is 0 Å². The summed E-state index contributed by atoms with van der Waals surface area (Å²) in [5, 5.41) is 2.24. The summed E-state index contributed by atoms with van der Waals surface area (Å²) in [7, 11) is -7.02. The van der Waals surface area contributed by atoms with Crippen LogP contribution in [-0.4, -0.2) is 37.1 Å². The van der Waals surface area contributed by atoms with E-state index in [1.807, 2.05) is 36.4 Å². The molecule has 1 saturated heterocycles. The van der Waals surface area contributed by atoms with Crippen LogP contribution in [0.25, 0.3) is 0 Å². The molecule has 4 nitrogen and oxygen atoms in total. The van der Waals surface area contributed by atoms with Crippen molar-refractivity contribution < 1.29 is 16.5 Å². The van der Waals surface area contributed by atoms with Crippen LogP contribution in [0.4, 0.5) is 0 Å². The van der Waals surface area contributed by atoms with Gasteiger partial charge in [-0.05, 0) is 23.5 Å². The lowest BCUT2D eigenvalue weighted by Gasteiger charge is -2.37. The molecule has 1 fully saturated rings. The smallest absolute Gasteiger partial charge is 0.388 e. The maximum Gasteiger partial charge on any atom is 0.388 e. The highest BCUT2D eigenvalue weighted by molar-refractivity contribution is 6.97. The minimum atomic E-state index is -2.68. The van der Waals surface area contributed by atoms with E-state index in [4.69, 9.17) is 16.5 Å². The second kappa shape index (κ2) is 6.72. The third-order valence-corrected chi connectivity index (χ3v) is 16.5. The Morgan fingerprint density at radius 3 is 1.45 bits per heavy atom. The van der Waals surface area contributed by atoms with Gasteiger partial charge in [0.2, 0.25) is 0 Å². The maximum atomic E-state index is 6.40. The summed E-state index contributed by atoms with van der Waals surface area (Å²) in [6.07, 6.45) is 0. The van der Waals surface area contributed by atoms with Gasteiger partial charge in [-0.15, -0.1) is 0 Å². The highest BCUT2D eigenvalue weighted by Crippen LogP contribution is 2.15. The Morgan fingerprint density at radius 2 is 1.05 bits per heavy atom. The van der Waals surface area contributed by atoms with Crippen LogP contribution in [0.15, 0.2) is 60.7 Å². The van der Waals surface area contributed by atoms with Gasteiger partial charge in [-0.1, -0.05) is 60.7 Å². The van der Waals surface area contributed by atoms with Gasteiger partial charge >= 0.3 is 17.1 Å². The van der Waals surface area contributed by atoms with Gasteiger partial charge in [0.25, 0.3) is 20.0 Å². The molecule has 0 spiro atoms. The van der Waals surface area contributed by atoms with Crippen molar-refractivity contribution in [3.05, 3.63) is 60.7 Å². The van der Waals surface area contributed by atoms with Crippen molar-refractivity contribution in [3.63, 3.8) is 0 Å². The molecular weight excluding hydrogens is 344 g/mol. The van der Waals surface area contributed by atoms with Crippen molar-refractivity contribution in [3.8, 4) is 0 Å². The molecule has 116 valence electrons. The molecule has 8 heteroatoms. The van der Waals surface area contributed by atoms with Crippen LogP contribution in [0, 0.1) is 0 Å². The minimum absolute atomic E-state index is 1.12. The Morgan fingerprint density at radius 1 is 0.636 bits per heavy atom. The largest absolute Gasteiger partial charge is 0.420 e. The summed E-state index contributed by atoms with van der Waals surface area (Å²) in [6, 6.07) is 20.5. The van der Waals surface area contributed by atoms with Crippen molar-refractivity contribution in [2.75, 3.05) is 0 Å². The van der Waals surface area contributed by atoms with E-state index in [1.54, 1.807) is 0 Å². The molecule has 0 N–H and O–H groups in total. The molecule has 2 aromatic rings. The molecule has 3 rings (SSSR count). The molecule has 0 radical (unpaired) electrons. The van der Waals surface area contributed by atoms with Gasteiger partial charge in [-0.2, -0.15) is 0 Å². The molecule has 0 bridgehead atoms. The Balaban J connectivity index is 2.01. The quantitative estimate of drug-likeness (QED) is 0.704. The second-order valence-corrected chi connectivity index (χ2v) is 15.8. The molecule has 0 aliphatic carbocycles. The van der Waals surface area contributed by atoms with Gasteiger partial charge in [-0.3, -0.25) is 0 Å². The summed E-state index contributed by atoms with van der Waals surface area (Å²) in [5.41, 5.74) is 0. The normalized spacial score (nSPS) is 23.0. The molecule has 0 aromatic heterocycles. The van der Waals surface area contributed by atoms with Crippen LogP contribution < -0.4 is 10.4 Å². The summed E-state index contributed by atoms with van der Waals surface area (Å²) in [5.74, 6) is 0. The minimum Gasteiger partial charge on any atom is -0.420 e. The monoisotopic (exact) mass is 364 g/mol. The van der Waals surface area contributed by atoms with E-state index in [2.05, 4.69) is 37.4 Å². The first-order valence-electron chi connectivity index (χ1n) is 7.29. The van der Waals surface area contributed by atoms with E-state index in [-0.39, 0.29) is 0 Å². The first-order valence-corrected chi connectivity index (χ1v) is 14.2. The zero-order valence-corrected chi connectivity index (χ0v) is 17.6. The Hall–Kier alpha value is -0.852. The third-order valence-electron chi connectivity index (χ3n) is 3.65. The predicted octanol–water partition coefficient (Wildman–Crippen LogP) is 0.0224. The lowest BCUT2D eigenvalue weighted by atomic mass is 10.4. The van der Waals surface area contributed by atoms with Crippen LogP contribution >= 0.6 is 0 Å². The van der Waals surface area contributed by atoms with E-state index in [0.717, 1.165) is 10.4 Å². The van der Waals surface area contributed by atoms with Crippen molar-refractivity contribution in [1.29, 1.82) is 0 Å². The summed E-state index contributed by atoms with van der Waals surface area (Å²) in [4.78, 5) is 0. The van der Waals surface area contributed by atoms with Crippen LogP contribution in [0.5, 0.6) is 0 Å². The van der Waals surface area contributed by atoms with Gasteiger partial charge in [0.15, 0.2) is 0 Å². The SMILES string of the molecule is C[Si]1(C)O[SiH2]O[Si](c2ccccc2)(c2ccccc2)O[SiH2]O1. The maximum absolute atomic E-state index is 6.40. The highest BCUT2D eigenvalue weighted by Gasteiger charge is 2.44. The fraction of sp³-hybridized carbons (Fsp3) is 0.143. The fourth-order valence-electron chi connectivity index (χ4n) is 2.41. The van der Waals surface area contributed by atoms with Gasteiger partial charge < -0.3 is 16.5 Å². The molecule has 22 heavy (non-hydrogen) atoms. The number of hydrogen-bond acceptors (Lipinski definition) is 4. The van der Waals surface area contributed by atoms with Crippen molar-refractivity contribution in [2.45, 2.75) is 13.1 Å². The first-order chi connectivity index (χ1) is 10.6. The number of rotatable bonds is 2. The number of hydrogen-bond donors (Lipinski definition) is 0. The Labute approximate surface area is 138 Å². The molecule has 2 aromatic carbocycles. The van der Waals surface area contributed by atoms with E-state index >= 15 is 0 Å². The fourth-order valence-corrected chi connectivity index (χ4v) is 14.0. The van der Waals surface area contributed by atoms with Crippen molar-refractivity contribution >= 4 is 47.5 Å². The van der Waals surface area contributed by atoms with Gasteiger partial charge in [0.05, 0.1) is 0 Å². The van der Waals surface area contributed by atoms with Gasteiger partial charge in [-0.25, -0.2) is 0 Å². The Kier molecular flexibility index (Phi) is 4.90. The Bertz CT molecular complexity index is 555. The molecular formula is C14H20O4Si4. The third kappa shape index (κ3) is 3.39. The van der Waals surface area contributed by atoms with Crippen molar-refractivity contribution in [1.82, 2.24) is 0 Å². The lowest BCUT2D eigenvalue weighted by Crippen LogP contribution is -2.66. The van der Waals surface area contributed by atoms with Crippen LogP contribution in [0.2, 0.25) is 13.1 Å². The van der Waals surface area contributed by atoms with Crippen LogP contribution in [0.1, 0.15) is 0 Å².